The second-order valence-electron chi connectivity index (χ2n) is 6.21. The molecule has 1 saturated heterocycles. The number of esters is 1. The first-order chi connectivity index (χ1) is 12.5. The number of benzene rings is 1. The third-order valence-corrected chi connectivity index (χ3v) is 4.86. The summed E-state index contributed by atoms with van der Waals surface area (Å²) in [7, 11) is 1.37. The Bertz CT molecular complexity index is 799. The van der Waals surface area contributed by atoms with Crippen molar-refractivity contribution < 1.29 is 14.3 Å². The number of amides is 1. The van der Waals surface area contributed by atoms with Crippen molar-refractivity contribution in [2.24, 2.45) is 0 Å². The highest BCUT2D eigenvalue weighted by molar-refractivity contribution is 6.31. The average Bonchev–Trinajstić information content (AvgIpc) is 3.09. The molecule has 7 nitrogen and oxygen atoms in total. The predicted molar refractivity (Wildman–Crippen MR) is 97.0 cm³/mol. The molecule has 0 bridgehead atoms. The number of methoxy groups -OCH3 is 1. The second kappa shape index (κ2) is 7.88. The first kappa shape index (κ1) is 18.4. The van der Waals surface area contributed by atoms with Gasteiger partial charge in [0.25, 0.3) is 5.91 Å². The van der Waals surface area contributed by atoms with Crippen molar-refractivity contribution in [3.8, 4) is 0 Å². The van der Waals surface area contributed by atoms with Crippen molar-refractivity contribution in [1.29, 1.82) is 0 Å². The first-order valence-electron chi connectivity index (χ1n) is 8.39. The summed E-state index contributed by atoms with van der Waals surface area (Å²) < 4.78 is 4.99. The van der Waals surface area contributed by atoms with Crippen molar-refractivity contribution >= 4 is 23.5 Å². The Morgan fingerprint density at radius 3 is 2.50 bits per heavy atom. The molecular weight excluding hydrogens is 356 g/mol. The maximum atomic E-state index is 12.5. The highest BCUT2D eigenvalue weighted by atomic mass is 35.5. The van der Waals surface area contributed by atoms with Crippen LogP contribution in [0.3, 0.4) is 0 Å². The van der Waals surface area contributed by atoms with E-state index >= 15 is 0 Å². The maximum absolute atomic E-state index is 12.5. The Labute approximate surface area is 156 Å². The third kappa shape index (κ3) is 3.73. The van der Waals surface area contributed by atoms with Crippen LogP contribution in [0.1, 0.15) is 27.8 Å². The lowest BCUT2D eigenvalue weighted by Gasteiger charge is -2.38. The number of halogens is 1. The molecule has 0 spiro atoms. The molecule has 0 saturated carbocycles. The predicted octanol–water partition coefficient (Wildman–Crippen LogP) is 2.04. The zero-order chi connectivity index (χ0) is 18.7. The number of carbonyl (C=O) groups excluding carboxylic acids is 2. The van der Waals surface area contributed by atoms with Crippen molar-refractivity contribution in [2.45, 2.75) is 13.0 Å². The Morgan fingerprint density at radius 2 is 1.92 bits per heavy atom. The highest BCUT2D eigenvalue weighted by Gasteiger charge is 2.34. The van der Waals surface area contributed by atoms with Gasteiger partial charge in [0.2, 0.25) is 0 Å². The van der Waals surface area contributed by atoms with Crippen LogP contribution >= 0.6 is 11.6 Å². The number of piperazine rings is 1. The smallest absolute Gasteiger partial charge is 0.327 e. The molecule has 0 radical (unpaired) electrons. The van der Waals surface area contributed by atoms with Gasteiger partial charge in [-0.05, 0) is 24.6 Å². The van der Waals surface area contributed by atoms with Gasteiger partial charge in [-0.2, -0.15) is 5.10 Å². The zero-order valence-electron chi connectivity index (χ0n) is 14.7. The fourth-order valence-electron chi connectivity index (χ4n) is 3.15. The van der Waals surface area contributed by atoms with Crippen LogP contribution < -0.4 is 0 Å². The lowest BCUT2D eigenvalue weighted by Crippen LogP contribution is -2.51. The minimum atomic E-state index is -0.585. The summed E-state index contributed by atoms with van der Waals surface area (Å²) >= 11 is 6.29. The molecule has 1 fully saturated rings. The summed E-state index contributed by atoms with van der Waals surface area (Å²) in [6, 6.07) is 8.40. The lowest BCUT2D eigenvalue weighted by atomic mass is 10.0. The van der Waals surface area contributed by atoms with Gasteiger partial charge in [-0.3, -0.25) is 14.8 Å². The number of rotatable bonds is 4. The van der Waals surface area contributed by atoms with Gasteiger partial charge in [-0.25, -0.2) is 4.79 Å². The number of nitrogens with one attached hydrogen (secondary N) is 1. The molecule has 1 aliphatic rings. The van der Waals surface area contributed by atoms with E-state index in [2.05, 4.69) is 10.2 Å². The molecule has 2 aromatic rings. The summed E-state index contributed by atoms with van der Waals surface area (Å²) in [6.45, 7) is 3.94. The molecule has 8 heteroatoms. The van der Waals surface area contributed by atoms with Gasteiger partial charge in [-0.15, -0.1) is 0 Å². The van der Waals surface area contributed by atoms with E-state index in [0.717, 1.165) is 5.69 Å². The minimum Gasteiger partial charge on any atom is -0.468 e. The van der Waals surface area contributed by atoms with E-state index in [-0.39, 0.29) is 11.9 Å². The molecule has 1 aliphatic heterocycles. The third-order valence-electron chi connectivity index (χ3n) is 4.52. The van der Waals surface area contributed by atoms with Crippen LogP contribution in [-0.4, -0.2) is 65.2 Å². The van der Waals surface area contributed by atoms with Crippen LogP contribution in [0.25, 0.3) is 0 Å². The average molecular weight is 377 g/mol. The molecule has 0 unspecified atom stereocenters. The van der Waals surface area contributed by atoms with Crippen LogP contribution in [0.15, 0.2) is 30.3 Å². The van der Waals surface area contributed by atoms with Gasteiger partial charge in [0.15, 0.2) is 0 Å². The van der Waals surface area contributed by atoms with E-state index in [0.29, 0.717) is 42.5 Å². The number of hydrogen-bond acceptors (Lipinski definition) is 5. The Hall–Kier alpha value is -2.38. The number of aryl methyl sites for hydroxylation is 1. The largest absolute Gasteiger partial charge is 0.468 e. The Kier molecular flexibility index (Phi) is 5.58. The zero-order valence-corrected chi connectivity index (χ0v) is 15.5. The minimum absolute atomic E-state index is 0.110. The van der Waals surface area contributed by atoms with E-state index in [1.54, 1.807) is 17.0 Å². The first-order valence-corrected chi connectivity index (χ1v) is 8.76. The quantitative estimate of drug-likeness (QED) is 0.826. The van der Waals surface area contributed by atoms with Crippen molar-refractivity contribution in [2.75, 3.05) is 33.3 Å². The van der Waals surface area contributed by atoms with Crippen LogP contribution in [0.5, 0.6) is 0 Å². The number of hydrogen-bond donors (Lipinski definition) is 1. The van der Waals surface area contributed by atoms with Gasteiger partial charge in [0.1, 0.15) is 11.7 Å². The van der Waals surface area contributed by atoms with E-state index < -0.39 is 6.04 Å². The van der Waals surface area contributed by atoms with Crippen LogP contribution in [0, 0.1) is 6.92 Å². The molecule has 1 amide bonds. The number of aromatic nitrogens is 2. The van der Waals surface area contributed by atoms with E-state index in [9.17, 15) is 9.59 Å². The van der Waals surface area contributed by atoms with Gasteiger partial charge in [-0.1, -0.05) is 29.8 Å². The summed E-state index contributed by atoms with van der Waals surface area (Å²) in [6.07, 6.45) is 0. The van der Waals surface area contributed by atoms with Crippen LogP contribution in [0.2, 0.25) is 5.02 Å². The number of ether oxygens (including phenoxy) is 1. The monoisotopic (exact) mass is 376 g/mol. The fourth-order valence-corrected chi connectivity index (χ4v) is 3.39. The molecule has 1 aromatic carbocycles. The normalized spacial score (nSPS) is 16.3. The van der Waals surface area contributed by atoms with Gasteiger partial charge >= 0.3 is 5.97 Å². The van der Waals surface area contributed by atoms with Crippen LogP contribution in [0.4, 0.5) is 0 Å². The number of carbonyl (C=O) groups is 2. The van der Waals surface area contributed by atoms with Gasteiger partial charge in [0.05, 0.1) is 7.11 Å². The summed E-state index contributed by atoms with van der Waals surface area (Å²) in [4.78, 5) is 28.6. The Balaban J connectivity index is 1.73. The molecule has 3 rings (SSSR count). The maximum Gasteiger partial charge on any atom is 0.327 e. The van der Waals surface area contributed by atoms with E-state index in [4.69, 9.17) is 16.3 Å². The van der Waals surface area contributed by atoms with Gasteiger partial charge < -0.3 is 9.64 Å². The summed E-state index contributed by atoms with van der Waals surface area (Å²) in [5.74, 6) is -0.470. The molecule has 26 heavy (non-hydrogen) atoms. The molecule has 1 atom stereocenters. The van der Waals surface area contributed by atoms with E-state index in [1.165, 1.54) is 7.11 Å². The van der Waals surface area contributed by atoms with Gasteiger partial charge in [0, 0.05) is 36.9 Å². The molecule has 2 heterocycles. The molecular formula is C18H21ClN4O3. The summed E-state index contributed by atoms with van der Waals surface area (Å²) in [5, 5.41) is 7.33. The van der Waals surface area contributed by atoms with E-state index in [1.807, 2.05) is 30.0 Å². The second-order valence-corrected chi connectivity index (χ2v) is 6.62. The summed E-state index contributed by atoms with van der Waals surface area (Å²) in [5.41, 5.74) is 1.96. The lowest BCUT2D eigenvalue weighted by molar-refractivity contribution is -0.148. The molecule has 1 N–H and O–H groups in total. The SMILES string of the molecule is COC(=O)[C@H](c1ccccc1Cl)N1CCN(C(=O)c2cc(C)[nH]n2)CC1. The fraction of sp³-hybridized carbons (Fsp3) is 0.389. The molecule has 1 aromatic heterocycles. The van der Waals surface area contributed by atoms with Crippen molar-refractivity contribution in [1.82, 2.24) is 20.0 Å². The molecule has 138 valence electrons. The topological polar surface area (TPSA) is 78.5 Å². The number of aromatic amines is 1. The van der Waals surface area contributed by atoms with Crippen molar-refractivity contribution in [3.63, 3.8) is 0 Å². The Morgan fingerprint density at radius 1 is 1.23 bits per heavy atom. The standard InChI is InChI=1S/C18H21ClN4O3/c1-12-11-15(21-20-12)17(24)23-9-7-22(8-10-23)16(18(25)26-2)13-5-3-4-6-14(13)19/h3-6,11,16H,7-10H2,1-2H3,(H,20,21)/t16-/m0/s1. The number of H-pyrrole nitrogens is 1. The van der Waals surface area contributed by atoms with Crippen molar-refractivity contribution in [3.05, 3.63) is 52.3 Å². The number of nitrogens with zero attached hydrogens (tertiary/aromatic N) is 3. The molecule has 0 aliphatic carbocycles. The van der Waals surface area contributed by atoms with Crippen LogP contribution in [-0.2, 0) is 9.53 Å². The highest BCUT2D eigenvalue weighted by Crippen LogP contribution is 2.29.